The van der Waals surface area contributed by atoms with Gasteiger partial charge in [-0.3, -0.25) is 0 Å². The van der Waals surface area contributed by atoms with Gasteiger partial charge in [0.15, 0.2) is 18.2 Å². The topological polar surface area (TPSA) is 49.7 Å². The van der Waals surface area contributed by atoms with Crippen LogP contribution in [-0.4, -0.2) is 29.9 Å². The molecule has 16 heavy (non-hydrogen) atoms. The van der Waals surface area contributed by atoms with Crippen LogP contribution >= 0.6 is 0 Å². The van der Waals surface area contributed by atoms with Crippen molar-refractivity contribution in [1.29, 1.82) is 0 Å². The lowest BCUT2D eigenvalue weighted by molar-refractivity contribution is -0.153. The lowest BCUT2D eigenvalue weighted by Gasteiger charge is -2.10. The lowest BCUT2D eigenvalue weighted by atomic mass is 9.80. The monoisotopic (exact) mass is 238 g/mol. The van der Waals surface area contributed by atoms with E-state index in [-0.39, 0.29) is 5.46 Å². The molecule has 8 heteroatoms. The number of rotatable bonds is 3. The van der Waals surface area contributed by atoms with Gasteiger partial charge < -0.3 is 14.8 Å². The Morgan fingerprint density at radius 1 is 1.25 bits per heavy atom. The molecule has 0 heterocycles. The summed E-state index contributed by atoms with van der Waals surface area (Å²) >= 11 is 0. The van der Waals surface area contributed by atoms with E-state index >= 15 is 0 Å². The first kappa shape index (κ1) is 12.8. The largest absolute Gasteiger partial charge is 0.488 e. The van der Waals surface area contributed by atoms with Crippen molar-refractivity contribution in [3.63, 3.8) is 0 Å². The fourth-order valence-electron chi connectivity index (χ4n) is 0.951. The van der Waals surface area contributed by atoms with E-state index in [4.69, 9.17) is 10.0 Å². The number of ether oxygens (including phenoxy) is 1. The van der Waals surface area contributed by atoms with Crippen molar-refractivity contribution in [3.8, 4) is 5.75 Å². The molecule has 0 spiro atoms. The molecule has 0 aliphatic carbocycles. The highest BCUT2D eigenvalue weighted by molar-refractivity contribution is 6.58. The van der Waals surface area contributed by atoms with Crippen LogP contribution in [0.4, 0.5) is 17.6 Å². The molecule has 0 amide bonds. The highest BCUT2D eigenvalue weighted by atomic mass is 19.4. The molecule has 0 aliphatic heterocycles. The minimum absolute atomic E-state index is 0.154. The highest BCUT2D eigenvalue weighted by Crippen LogP contribution is 2.20. The normalized spacial score (nSPS) is 11.4. The molecule has 0 fully saturated rings. The van der Waals surface area contributed by atoms with Crippen LogP contribution in [0.25, 0.3) is 0 Å². The molecule has 1 aromatic rings. The standard InChI is InChI=1S/C8H7BF4O3/c10-6-2-1-5(9(14)15)3-7(6)16-4-8(11,12)13/h1-3,14-15H,4H2. The third-order valence-electron chi connectivity index (χ3n) is 1.64. The zero-order valence-electron chi connectivity index (χ0n) is 7.83. The van der Waals surface area contributed by atoms with E-state index < -0.39 is 31.5 Å². The van der Waals surface area contributed by atoms with Crippen molar-refractivity contribution >= 4 is 12.6 Å². The maximum absolute atomic E-state index is 13.0. The smallest absolute Gasteiger partial charge is 0.481 e. The number of benzene rings is 1. The van der Waals surface area contributed by atoms with Crippen molar-refractivity contribution in [2.45, 2.75) is 6.18 Å². The van der Waals surface area contributed by atoms with Gasteiger partial charge >= 0.3 is 13.3 Å². The summed E-state index contributed by atoms with van der Waals surface area (Å²) in [5, 5.41) is 17.4. The van der Waals surface area contributed by atoms with Gasteiger partial charge in [-0.1, -0.05) is 6.07 Å². The van der Waals surface area contributed by atoms with E-state index in [1.165, 1.54) is 0 Å². The first-order chi connectivity index (χ1) is 7.29. The Kier molecular flexibility index (Phi) is 3.76. The molecule has 0 radical (unpaired) electrons. The van der Waals surface area contributed by atoms with Gasteiger partial charge in [0, 0.05) is 0 Å². The molecule has 1 rings (SSSR count). The number of hydrogen-bond acceptors (Lipinski definition) is 3. The first-order valence-electron chi connectivity index (χ1n) is 4.15. The Bertz CT molecular complexity index is 367. The van der Waals surface area contributed by atoms with Crippen molar-refractivity contribution in [3.05, 3.63) is 24.0 Å². The van der Waals surface area contributed by atoms with E-state index in [9.17, 15) is 17.6 Å². The Balaban J connectivity index is 2.82. The SMILES string of the molecule is OB(O)c1ccc(F)c(OCC(F)(F)F)c1. The van der Waals surface area contributed by atoms with E-state index in [0.717, 1.165) is 18.2 Å². The number of hydrogen-bond donors (Lipinski definition) is 2. The zero-order chi connectivity index (χ0) is 12.3. The van der Waals surface area contributed by atoms with Gasteiger partial charge in [0.1, 0.15) is 0 Å². The Hall–Kier alpha value is -1.28. The Morgan fingerprint density at radius 3 is 2.38 bits per heavy atom. The Morgan fingerprint density at radius 2 is 1.88 bits per heavy atom. The highest BCUT2D eigenvalue weighted by Gasteiger charge is 2.29. The fourth-order valence-corrected chi connectivity index (χ4v) is 0.951. The van der Waals surface area contributed by atoms with Crippen LogP contribution in [-0.2, 0) is 0 Å². The zero-order valence-corrected chi connectivity index (χ0v) is 7.83. The van der Waals surface area contributed by atoms with Gasteiger partial charge in [-0.15, -0.1) is 0 Å². The summed E-state index contributed by atoms with van der Waals surface area (Å²) in [5.74, 6) is -1.68. The first-order valence-corrected chi connectivity index (χ1v) is 4.15. The number of halogens is 4. The van der Waals surface area contributed by atoms with Crippen LogP contribution in [0.3, 0.4) is 0 Å². The number of alkyl halides is 3. The Labute approximate surface area is 88.4 Å². The van der Waals surface area contributed by atoms with Crippen molar-refractivity contribution < 1.29 is 32.3 Å². The summed E-state index contributed by atoms with van der Waals surface area (Å²) < 4.78 is 52.5. The minimum atomic E-state index is -4.58. The molecule has 0 saturated carbocycles. The van der Waals surface area contributed by atoms with Gasteiger partial charge in [0.2, 0.25) is 0 Å². The van der Waals surface area contributed by atoms with Gasteiger partial charge in [-0.2, -0.15) is 13.2 Å². The van der Waals surface area contributed by atoms with E-state index in [0.29, 0.717) is 0 Å². The summed E-state index contributed by atoms with van der Waals surface area (Å²) in [6.45, 7) is -1.64. The third-order valence-corrected chi connectivity index (χ3v) is 1.64. The summed E-state index contributed by atoms with van der Waals surface area (Å²) in [4.78, 5) is 0. The predicted molar refractivity (Wildman–Crippen MR) is 47.8 cm³/mol. The maximum Gasteiger partial charge on any atom is 0.488 e. The average Bonchev–Trinajstić information content (AvgIpc) is 2.14. The minimum Gasteiger partial charge on any atom is -0.481 e. The van der Waals surface area contributed by atoms with Crippen molar-refractivity contribution in [2.75, 3.05) is 6.61 Å². The average molecular weight is 238 g/mol. The van der Waals surface area contributed by atoms with Crippen molar-refractivity contribution in [2.24, 2.45) is 0 Å². The summed E-state index contributed by atoms with van der Waals surface area (Å²) in [6, 6.07) is 2.62. The molecule has 0 bridgehead atoms. The quantitative estimate of drug-likeness (QED) is 0.593. The molecule has 1 aromatic carbocycles. The molecule has 0 saturated heterocycles. The van der Waals surface area contributed by atoms with Gasteiger partial charge in [-0.05, 0) is 17.6 Å². The molecule has 2 N–H and O–H groups in total. The molecule has 0 aliphatic rings. The second-order valence-electron chi connectivity index (χ2n) is 2.97. The van der Waals surface area contributed by atoms with Gasteiger partial charge in [0.25, 0.3) is 0 Å². The van der Waals surface area contributed by atoms with Crippen LogP contribution in [0.5, 0.6) is 5.75 Å². The summed E-state index contributed by atoms with van der Waals surface area (Å²) in [6.07, 6.45) is -4.58. The van der Waals surface area contributed by atoms with E-state index in [1.807, 2.05) is 0 Å². The molecule has 0 aromatic heterocycles. The maximum atomic E-state index is 13.0. The fraction of sp³-hybridized carbons (Fsp3) is 0.250. The van der Waals surface area contributed by atoms with Crippen LogP contribution in [0, 0.1) is 5.82 Å². The van der Waals surface area contributed by atoms with Crippen LogP contribution in [0.2, 0.25) is 0 Å². The summed E-state index contributed by atoms with van der Waals surface area (Å²) in [5.41, 5.74) is -0.154. The molecule has 0 atom stereocenters. The van der Waals surface area contributed by atoms with Crippen LogP contribution in [0.15, 0.2) is 18.2 Å². The van der Waals surface area contributed by atoms with Crippen LogP contribution in [0.1, 0.15) is 0 Å². The lowest BCUT2D eigenvalue weighted by Crippen LogP contribution is -2.30. The molecule has 0 unspecified atom stereocenters. The molecular formula is C8H7BF4O3. The predicted octanol–water partition coefficient (Wildman–Crippen LogP) is 0.447. The third kappa shape index (κ3) is 3.71. The second-order valence-corrected chi connectivity index (χ2v) is 2.97. The molecular weight excluding hydrogens is 231 g/mol. The second kappa shape index (κ2) is 4.71. The van der Waals surface area contributed by atoms with Crippen molar-refractivity contribution in [1.82, 2.24) is 0 Å². The van der Waals surface area contributed by atoms with E-state index in [2.05, 4.69) is 4.74 Å². The van der Waals surface area contributed by atoms with E-state index in [1.54, 1.807) is 0 Å². The van der Waals surface area contributed by atoms with Crippen LogP contribution < -0.4 is 10.2 Å². The molecule has 88 valence electrons. The van der Waals surface area contributed by atoms with Gasteiger partial charge in [0.05, 0.1) is 0 Å². The summed E-state index contributed by atoms with van der Waals surface area (Å²) in [7, 11) is -1.89. The molecule has 3 nitrogen and oxygen atoms in total. The van der Waals surface area contributed by atoms with Gasteiger partial charge in [-0.25, -0.2) is 4.39 Å².